The Labute approximate surface area is 134 Å². The van der Waals surface area contributed by atoms with Crippen molar-refractivity contribution in [3.8, 4) is 0 Å². The van der Waals surface area contributed by atoms with Crippen molar-refractivity contribution in [1.82, 2.24) is 10.6 Å². The van der Waals surface area contributed by atoms with Gasteiger partial charge in [0.05, 0.1) is 0 Å². The molecule has 0 aliphatic rings. The summed E-state index contributed by atoms with van der Waals surface area (Å²) in [5.74, 6) is 0.905. The monoisotopic (exact) mass is 375 g/mol. The molecule has 0 bridgehead atoms. The molecule has 3 nitrogen and oxygen atoms in total. The molecule has 0 saturated heterocycles. The molecule has 2 N–H and O–H groups in total. The summed E-state index contributed by atoms with van der Waals surface area (Å²) in [6, 6.07) is 10.5. The van der Waals surface area contributed by atoms with Crippen LogP contribution in [0.3, 0.4) is 0 Å². The average molecular weight is 375 g/mol. The third-order valence-corrected chi connectivity index (χ3v) is 2.85. The molecular weight excluding hydrogens is 349 g/mol. The number of aliphatic imine (C=N–C) groups is 1. The van der Waals surface area contributed by atoms with Gasteiger partial charge in [0.1, 0.15) is 0 Å². The Kier molecular flexibility index (Phi) is 11.8. The standard InChI is InChI=1S/C15H25N3.HI/c1-3-4-8-12-17-15(16-2)18-13-11-14-9-6-5-7-10-14;/h5-7,9-10H,3-4,8,11-13H2,1-2H3,(H2,16,17,18);1H. The van der Waals surface area contributed by atoms with Crippen molar-refractivity contribution < 1.29 is 0 Å². The first-order valence-electron chi connectivity index (χ1n) is 6.85. The summed E-state index contributed by atoms with van der Waals surface area (Å²) in [5.41, 5.74) is 1.35. The van der Waals surface area contributed by atoms with Crippen molar-refractivity contribution in [1.29, 1.82) is 0 Å². The first-order chi connectivity index (χ1) is 8.86. The number of halogens is 1. The van der Waals surface area contributed by atoms with E-state index in [1.165, 1.54) is 24.8 Å². The van der Waals surface area contributed by atoms with Gasteiger partial charge in [0.15, 0.2) is 5.96 Å². The van der Waals surface area contributed by atoms with Crippen molar-refractivity contribution >= 4 is 29.9 Å². The predicted molar refractivity (Wildman–Crippen MR) is 94.5 cm³/mol. The van der Waals surface area contributed by atoms with E-state index in [9.17, 15) is 0 Å². The van der Waals surface area contributed by atoms with E-state index in [4.69, 9.17) is 0 Å². The number of nitrogens with zero attached hydrogens (tertiary/aromatic N) is 1. The minimum atomic E-state index is 0. The molecule has 1 rings (SSSR count). The molecule has 0 aliphatic heterocycles. The maximum Gasteiger partial charge on any atom is 0.190 e. The highest BCUT2D eigenvalue weighted by molar-refractivity contribution is 14.0. The number of unbranched alkanes of at least 4 members (excludes halogenated alkanes) is 2. The van der Waals surface area contributed by atoms with E-state index in [1.54, 1.807) is 0 Å². The fourth-order valence-electron chi connectivity index (χ4n) is 1.77. The molecule has 0 atom stereocenters. The Bertz CT molecular complexity index is 339. The topological polar surface area (TPSA) is 36.4 Å². The van der Waals surface area contributed by atoms with E-state index in [2.05, 4.69) is 46.8 Å². The predicted octanol–water partition coefficient (Wildman–Crippen LogP) is 3.20. The van der Waals surface area contributed by atoms with Crippen molar-refractivity contribution in [3.05, 3.63) is 35.9 Å². The van der Waals surface area contributed by atoms with Crippen LogP contribution in [0.4, 0.5) is 0 Å². The zero-order chi connectivity index (χ0) is 13.1. The molecule has 0 amide bonds. The lowest BCUT2D eigenvalue weighted by molar-refractivity contribution is 0.682. The summed E-state index contributed by atoms with van der Waals surface area (Å²) < 4.78 is 0. The minimum Gasteiger partial charge on any atom is -0.356 e. The van der Waals surface area contributed by atoms with Gasteiger partial charge in [-0.1, -0.05) is 50.1 Å². The van der Waals surface area contributed by atoms with Gasteiger partial charge in [-0.3, -0.25) is 4.99 Å². The second-order valence-electron chi connectivity index (χ2n) is 4.37. The lowest BCUT2D eigenvalue weighted by Crippen LogP contribution is -2.38. The van der Waals surface area contributed by atoms with Gasteiger partial charge in [0.2, 0.25) is 0 Å². The highest BCUT2D eigenvalue weighted by atomic mass is 127. The number of guanidine groups is 1. The second-order valence-corrected chi connectivity index (χ2v) is 4.37. The van der Waals surface area contributed by atoms with Crippen LogP contribution in [-0.2, 0) is 6.42 Å². The Hall–Kier alpha value is -0.780. The smallest absolute Gasteiger partial charge is 0.190 e. The van der Waals surface area contributed by atoms with Gasteiger partial charge in [0.25, 0.3) is 0 Å². The molecule has 0 radical (unpaired) electrons. The summed E-state index contributed by atoms with van der Waals surface area (Å²) in [6.07, 6.45) is 4.75. The van der Waals surface area contributed by atoms with Crippen LogP contribution in [0.5, 0.6) is 0 Å². The Morgan fingerprint density at radius 3 is 2.37 bits per heavy atom. The zero-order valence-corrected chi connectivity index (χ0v) is 14.3. The maximum absolute atomic E-state index is 4.21. The Balaban J connectivity index is 0.00000324. The molecule has 108 valence electrons. The Morgan fingerprint density at radius 2 is 1.74 bits per heavy atom. The van der Waals surface area contributed by atoms with Crippen molar-refractivity contribution in [2.75, 3.05) is 20.1 Å². The third-order valence-electron chi connectivity index (χ3n) is 2.85. The quantitative estimate of drug-likeness (QED) is 0.332. The normalized spacial score (nSPS) is 10.7. The maximum atomic E-state index is 4.21. The molecule has 0 heterocycles. The van der Waals surface area contributed by atoms with Crippen LogP contribution in [0.15, 0.2) is 35.3 Å². The van der Waals surface area contributed by atoms with E-state index in [1.807, 2.05) is 13.1 Å². The molecule has 1 aromatic carbocycles. The van der Waals surface area contributed by atoms with Crippen LogP contribution in [0, 0.1) is 0 Å². The highest BCUT2D eigenvalue weighted by Crippen LogP contribution is 1.98. The zero-order valence-electron chi connectivity index (χ0n) is 12.0. The molecular formula is C15H26IN3. The summed E-state index contributed by atoms with van der Waals surface area (Å²) in [4.78, 5) is 4.21. The van der Waals surface area contributed by atoms with Crippen LogP contribution in [0.2, 0.25) is 0 Å². The summed E-state index contributed by atoms with van der Waals surface area (Å²) in [7, 11) is 1.82. The first kappa shape index (κ1) is 18.2. The fourth-order valence-corrected chi connectivity index (χ4v) is 1.77. The molecule has 4 heteroatoms. The molecule has 0 aliphatic carbocycles. The molecule has 0 spiro atoms. The van der Waals surface area contributed by atoms with Gasteiger partial charge in [0, 0.05) is 20.1 Å². The molecule has 0 saturated carbocycles. The van der Waals surface area contributed by atoms with Crippen molar-refractivity contribution in [2.45, 2.75) is 32.6 Å². The molecule has 0 aromatic heterocycles. The van der Waals surface area contributed by atoms with Crippen LogP contribution < -0.4 is 10.6 Å². The SMILES string of the molecule is CCCCCNC(=NC)NCCc1ccccc1.I. The summed E-state index contributed by atoms with van der Waals surface area (Å²) in [6.45, 7) is 4.13. The minimum absolute atomic E-state index is 0. The number of benzene rings is 1. The lowest BCUT2D eigenvalue weighted by atomic mass is 10.1. The summed E-state index contributed by atoms with van der Waals surface area (Å²) in [5, 5.41) is 6.66. The van der Waals surface area contributed by atoms with Gasteiger partial charge >= 0.3 is 0 Å². The summed E-state index contributed by atoms with van der Waals surface area (Å²) >= 11 is 0. The molecule has 19 heavy (non-hydrogen) atoms. The third kappa shape index (κ3) is 8.86. The van der Waals surface area contributed by atoms with Gasteiger partial charge in [-0.2, -0.15) is 0 Å². The first-order valence-corrected chi connectivity index (χ1v) is 6.85. The van der Waals surface area contributed by atoms with Gasteiger partial charge in [-0.25, -0.2) is 0 Å². The highest BCUT2D eigenvalue weighted by Gasteiger charge is 1.96. The van der Waals surface area contributed by atoms with Crippen LogP contribution in [0.25, 0.3) is 0 Å². The number of hydrogen-bond donors (Lipinski definition) is 2. The van der Waals surface area contributed by atoms with Gasteiger partial charge < -0.3 is 10.6 Å². The van der Waals surface area contributed by atoms with Gasteiger partial charge in [-0.05, 0) is 18.4 Å². The number of rotatable bonds is 7. The van der Waals surface area contributed by atoms with Crippen LogP contribution >= 0.6 is 24.0 Å². The number of nitrogens with one attached hydrogen (secondary N) is 2. The van der Waals surface area contributed by atoms with E-state index >= 15 is 0 Å². The van der Waals surface area contributed by atoms with Crippen molar-refractivity contribution in [3.63, 3.8) is 0 Å². The second kappa shape index (κ2) is 12.3. The molecule has 0 unspecified atom stereocenters. The van der Waals surface area contributed by atoms with Crippen LogP contribution in [0.1, 0.15) is 31.7 Å². The van der Waals surface area contributed by atoms with E-state index in [0.29, 0.717) is 0 Å². The van der Waals surface area contributed by atoms with E-state index in [0.717, 1.165) is 25.5 Å². The van der Waals surface area contributed by atoms with Crippen LogP contribution in [-0.4, -0.2) is 26.1 Å². The van der Waals surface area contributed by atoms with Gasteiger partial charge in [-0.15, -0.1) is 24.0 Å². The van der Waals surface area contributed by atoms with E-state index < -0.39 is 0 Å². The number of hydrogen-bond acceptors (Lipinski definition) is 1. The lowest BCUT2D eigenvalue weighted by Gasteiger charge is -2.11. The van der Waals surface area contributed by atoms with E-state index in [-0.39, 0.29) is 24.0 Å². The Morgan fingerprint density at radius 1 is 1.05 bits per heavy atom. The fraction of sp³-hybridized carbons (Fsp3) is 0.533. The molecule has 0 fully saturated rings. The average Bonchev–Trinajstić information content (AvgIpc) is 2.42. The van der Waals surface area contributed by atoms with Crippen molar-refractivity contribution in [2.24, 2.45) is 4.99 Å². The molecule has 1 aromatic rings. The largest absolute Gasteiger partial charge is 0.356 e.